The Bertz CT molecular complexity index is 3470. The number of furan rings is 1. The van der Waals surface area contributed by atoms with Gasteiger partial charge in [0.25, 0.3) is 0 Å². The molecule has 0 radical (unpaired) electrons. The molecule has 1 spiro atoms. The van der Waals surface area contributed by atoms with Crippen LogP contribution in [0.25, 0.3) is 77.2 Å². The third kappa shape index (κ3) is 4.73. The molecule has 0 saturated carbocycles. The Morgan fingerprint density at radius 2 is 0.852 bits per heavy atom. The molecule has 0 saturated heterocycles. The first-order chi connectivity index (χ1) is 30.3. The van der Waals surface area contributed by atoms with Crippen molar-refractivity contribution in [2.24, 2.45) is 0 Å². The van der Waals surface area contributed by atoms with Gasteiger partial charge in [-0.3, -0.25) is 0 Å². The van der Waals surface area contributed by atoms with Crippen molar-refractivity contribution in [3.8, 4) is 44.5 Å². The molecule has 0 N–H and O–H groups in total. The number of nitrogens with zero attached hydrogens (tertiary/aromatic N) is 1. The van der Waals surface area contributed by atoms with E-state index in [0.717, 1.165) is 39.0 Å². The smallest absolute Gasteiger partial charge is 0.160 e. The number of hydrogen-bond donors (Lipinski definition) is 0. The summed E-state index contributed by atoms with van der Waals surface area (Å²) in [5.41, 5.74) is 19.3. The molecule has 2 aliphatic rings. The molecule has 11 aromatic rings. The number of para-hydroxylation sites is 2. The standard InChI is InChI=1S/C59H37NO/c1-4-18-38(19-5-1)39-32-34-42(35-33-39)60(41-22-8-3-9-23-41)53-37-52-57(56-47-28-14-17-31-54(47)61-58(53)56)55-46-27-11-10-24-43(46)48(40-20-6-2-7-21-40)36-51(55)59(52)49-29-15-12-25-44(49)45-26-13-16-30-50(45)59/h1-37H. The lowest BCUT2D eigenvalue weighted by Gasteiger charge is -2.32. The molecular formula is C59H37NO. The number of benzene rings is 10. The fourth-order valence-corrected chi connectivity index (χ4v) is 10.8. The maximum atomic E-state index is 7.19. The SMILES string of the molecule is c1ccc(-c2ccc(N(c3ccccc3)c3cc4c(c5c3oc3ccccc35)-c3c(cc(-c5ccccc5)c5ccccc35)C43c4ccccc4-c4ccccc43)cc2)cc1. The zero-order valence-corrected chi connectivity index (χ0v) is 33.2. The van der Waals surface area contributed by atoms with Crippen LogP contribution in [0.1, 0.15) is 22.3 Å². The van der Waals surface area contributed by atoms with Gasteiger partial charge in [0.15, 0.2) is 5.58 Å². The van der Waals surface area contributed by atoms with Gasteiger partial charge < -0.3 is 9.32 Å². The number of rotatable bonds is 5. The molecule has 1 aromatic heterocycles. The van der Waals surface area contributed by atoms with E-state index in [1.807, 2.05) is 0 Å². The van der Waals surface area contributed by atoms with Gasteiger partial charge in [-0.25, -0.2) is 0 Å². The van der Waals surface area contributed by atoms with Crippen molar-refractivity contribution in [2.45, 2.75) is 5.41 Å². The van der Waals surface area contributed by atoms with Crippen molar-refractivity contribution in [2.75, 3.05) is 4.90 Å². The van der Waals surface area contributed by atoms with Crippen molar-refractivity contribution in [3.05, 3.63) is 247 Å². The Morgan fingerprint density at radius 3 is 1.54 bits per heavy atom. The summed E-state index contributed by atoms with van der Waals surface area (Å²) in [6.07, 6.45) is 0. The van der Waals surface area contributed by atoms with Crippen LogP contribution in [-0.4, -0.2) is 0 Å². The molecule has 1 heterocycles. The lowest BCUT2D eigenvalue weighted by molar-refractivity contribution is 0.668. The number of hydrogen-bond acceptors (Lipinski definition) is 2. The van der Waals surface area contributed by atoms with Crippen LogP contribution < -0.4 is 4.90 Å². The Morgan fingerprint density at radius 1 is 0.344 bits per heavy atom. The molecular weight excluding hydrogens is 739 g/mol. The second kappa shape index (κ2) is 13.0. The van der Waals surface area contributed by atoms with Crippen LogP contribution in [0.2, 0.25) is 0 Å². The van der Waals surface area contributed by atoms with Gasteiger partial charge in [0.1, 0.15) is 5.58 Å². The van der Waals surface area contributed by atoms with Crippen LogP contribution >= 0.6 is 0 Å². The first kappa shape index (κ1) is 34.0. The summed E-state index contributed by atoms with van der Waals surface area (Å²) in [6.45, 7) is 0. The highest BCUT2D eigenvalue weighted by atomic mass is 16.3. The molecule has 10 aromatic carbocycles. The average molecular weight is 776 g/mol. The molecule has 0 unspecified atom stereocenters. The highest BCUT2D eigenvalue weighted by Gasteiger charge is 2.53. The van der Waals surface area contributed by atoms with Gasteiger partial charge in [-0.1, -0.05) is 182 Å². The quantitative estimate of drug-likeness (QED) is 0.173. The highest BCUT2D eigenvalue weighted by Crippen LogP contribution is 2.67. The fraction of sp³-hybridized carbons (Fsp3) is 0.0169. The van der Waals surface area contributed by atoms with E-state index in [4.69, 9.17) is 4.42 Å². The predicted octanol–water partition coefficient (Wildman–Crippen LogP) is 15.9. The van der Waals surface area contributed by atoms with Gasteiger partial charge in [-0.15, -0.1) is 0 Å². The van der Waals surface area contributed by atoms with Gasteiger partial charge in [0.05, 0.1) is 11.1 Å². The zero-order valence-electron chi connectivity index (χ0n) is 33.2. The number of fused-ring (bicyclic) bond motifs is 16. The second-order valence-electron chi connectivity index (χ2n) is 16.3. The fourth-order valence-electron chi connectivity index (χ4n) is 10.8. The summed E-state index contributed by atoms with van der Waals surface area (Å²) in [6, 6.07) is 82.1. The molecule has 0 bridgehead atoms. The minimum Gasteiger partial charge on any atom is -0.454 e. The van der Waals surface area contributed by atoms with E-state index >= 15 is 0 Å². The third-order valence-electron chi connectivity index (χ3n) is 13.3. The first-order valence-corrected chi connectivity index (χ1v) is 21.1. The van der Waals surface area contributed by atoms with E-state index < -0.39 is 5.41 Å². The molecule has 13 rings (SSSR count). The molecule has 2 nitrogen and oxygen atoms in total. The maximum Gasteiger partial charge on any atom is 0.160 e. The monoisotopic (exact) mass is 775 g/mol. The van der Waals surface area contributed by atoms with Crippen molar-refractivity contribution in [3.63, 3.8) is 0 Å². The van der Waals surface area contributed by atoms with Crippen LogP contribution in [0.5, 0.6) is 0 Å². The zero-order chi connectivity index (χ0) is 40.1. The van der Waals surface area contributed by atoms with E-state index in [0.29, 0.717) is 0 Å². The summed E-state index contributed by atoms with van der Waals surface area (Å²) in [5.74, 6) is 0. The Balaban J connectivity index is 1.21. The summed E-state index contributed by atoms with van der Waals surface area (Å²) < 4.78 is 7.19. The van der Waals surface area contributed by atoms with Gasteiger partial charge in [-0.2, -0.15) is 0 Å². The summed E-state index contributed by atoms with van der Waals surface area (Å²) in [4.78, 5) is 2.40. The largest absolute Gasteiger partial charge is 0.454 e. The van der Waals surface area contributed by atoms with Crippen molar-refractivity contribution >= 4 is 49.8 Å². The average Bonchev–Trinajstić information content (AvgIpc) is 3.97. The topological polar surface area (TPSA) is 16.4 Å². The third-order valence-corrected chi connectivity index (χ3v) is 13.3. The Hall–Kier alpha value is -7.94. The molecule has 2 aliphatic carbocycles. The minimum atomic E-state index is -0.619. The first-order valence-electron chi connectivity index (χ1n) is 21.1. The molecule has 61 heavy (non-hydrogen) atoms. The Kier molecular flexibility index (Phi) is 7.26. The van der Waals surface area contributed by atoms with Gasteiger partial charge in [0, 0.05) is 22.1 Å². The van der Waals surface area contributed by atoms with E-state index in [1.54, 1.807) is 0 Å². The molecule has 0 aliphatic heterocycles. The van der Waals surface area contributed by atoms with Crippen LogP contribution in [0.15, 0.2) is 229 Å². The van der Waals surface area contributed by atoms with Gasteiger partial charge >= 0.3 is 0 Å². The number of anilines is 3. The maximum absolute atomic E-state index is 7.19. The summed E-state index contributed by atoms with van der Waals surface area (Å²) in [5, 5.41) is 4.74. The van der Waals surface area contributed by atoms with Crippen molar-refractivity contribution in [1.29, 1.82) is 0 Å². The normalized spacial score (nSPS) is 13.0. The van der Waals surface area contributed by atoms with Gasteiger partial charge in [-0.05, 0) is 120 Å². The minimum absolute atomic E-state index is 0.619. The van der Waals surface area contributed by atoms with Crippen LogP contribution in [-0.2, 0) is 5.41 Å². The molecule has 284 valence electrons. The molecule has 0 fully saturated rings. The van der Waals surface area contributed by atoms with Crippen LogP contribution in [0.4, 0.5) is 17.1 Å². The van der Waals surface area contributed by atoms with Crippen LogP contribution in [0.3, 0.4) is 0 Å². The highest BCUT2D eigenvalue weighted by molar-refractivity contribution is 6.24. The molecule has 2 heteroatoms. The molecule has 0 atom stereocenters. The van der Waals surface area contributed by atoms with E-state index in [1.165, 1.54) is 77.5 Å². The Labute approximate surface area is 354 Å². The van der Waals surface area contributed by atoms with Crippen molar-refractivity contribution < 1.29 is 4.42 Å². The summed E-state index contributed by atoms with van der Waals surface area (Å²) in [7, 11) is 0. The summed E-state index contributed by atoms with van der Waals surface area (Å²) >= 11 is 0. The van der Waals surface area contributed by atoms with E-state index in [-0.39, 0.29) is 0 Å². The molecule has 0 amide bonds. The second-order valence-corrected chi connectivity index (χ2v) is 16.3. The lowest BCUT2D eigenvalue weighted by Crippen LogP contribution is -2.26. The van der Waals surface area contributed by atoms with Crippen LogP contribution in [0, 0.1) is 0 Å². The van der Waals surface area contributed by atoms with Crippen molar-refractivity contribution in [1.82, 2.24) is 0 Å². The van der Waals surface area contributed by atoms with E-state index in [9.17, 15) is 0 Å². The predicted molar refractivity (Wildman–Crippen MR) is 253 cm³/mol. The van der Waals surface area contributed by atoms with E-state index in [2.05, 4.69) is 229 Å². The lowest BCUT2D eigenvalue weighted by atomic mass is 9.69. The van der Waals surface area contributed by atoms with Gasteiger partial charge in [0.2, 0.25) is 0 Å².